The fraction of sp³-hybridized carbons (Fsp3) is 0.625. The molecular formula is C16H24N2O3. The van der Waals surface area contributed by atoms with E-state index >= 15 is 0 Å². The van der Waals surface area contributed by atoms with Crippen LogP contribution in [0.2, 0.25) is 0 Å². The zero-order chi connectivity index (χ0) is 15.6. The number of carbonyl (C=O) groups excluding carboxylic acids is 1. The maximum Gasteiger partial charge on any atom is 0.410 e. The van der Waals surface area contributed by atoms with E-state index in [-0.39, 0.29) is 18.2 Å². The van der Waals surface area contributed by atoms with Gasteiger partial charge in [0, 0.05) is 18.2 Å². The van der Waals surface area contributed by atoms with E-state index in [1.807, 2.05) is 46.8 Å². The summed E-state index contributed by atoms with van der Waals surface area (Å²) in [5, 5.41) is 0. The molecule has 2 heterocycles. The lowest BCUT2D eigenvalue weighted by Gasteiger charge is -2.26. The second kappa shape index (κ2) is 5.92. The first-order valence-corrected chi connectivity index (χ1v) is 7.33. The molecule has 1 fully saturated rings. The van der Waals surface area contributed by atoms with E-state index in [2.05, 4.69) is 4.98 Å². The monoisotopic (exact) mass is 292 g/mol. The Morgan fingerprint density at radius 1 is 1.38 bits per heavy atom. The maximum absolute atomic E-state index is 12.1. The van der Waals surface area contributed by atoms with Crippen molar-refractivity contribution < 1.29 is 14.3 Å². The highest BCUT2D eigenvalue weighted by Gasteiger charge is 2.36. The lowest BCUT2D eigenvalue weighted by molar-refractivity contribution is 0.0224. The molecule has 0 unspecified atom stereocenters. The van der Waals surface area contributed by atoms with Crippen molar-refractivity contribution in [1.82, 2.24) is 9.88 Å². The summed E-state index contributed by atoms with van der Waals surface area (Å²) < 4.78 is 11.3. The van der Waals surface area contributed by atoms with Gasteiger partial charge < -0.3 is 14.4 Å². The topological polar surface area (TPSA) is 51.7 Å². The molecule has 5 nitrogen and oxygen atoms in total. The molecule has 1 aromatic heterocycles. The van der Waals surface area contributed by atoms with Crippen LogP contribution >= 0.6 is 0 Å². The smallest absolute Gasteiger partial charge is 0.410 e. The molecule has 1 saturated heterocycles. The molecule has 1 aliphatic rings. The molecule has 2 atom stereocenters. The predicted octanol–water partition coefficient (Wildman–Crippen LogP) is 3.17. The summed E-state index contributed by atoms with van der Waals surface area (Å²) in [6, 6.07) is 3.94. The Bertz CT molecular complexity index is 493. The van der Waals surface area contributed by atoms with E-state index in [1.54, 1.807) is 11.1 Å². The molecule has 21 heavy (non-hydrogen) atoms. The van der Waals surface area contributed by atoms with Gasteiger partial charge >= 0.3 is 6.09 Å². The van der Waals surface area contributed by atoms with E-state index in [9.17, 15) is 4.79 Å². The summed E-state index contributed by atoms with van der Waals surface area (Å²) in [4.78, 5) is 18.1. The molecular weight excluding hydrogens is 268 g/mol. The molecule has 0 saturated carbocycles. The van der Waals surface area contributed by atoms with Crippen LogP contribution in [0.15, 0.2) is 18.3 Å². The van der Waals surface area contributed by atoms with Gasteiger partial charge in [0.2, 0.25) is 0 Å². The Morgan fingerprint density at radius 3 is 2.67 bits per heavy atom. The van der Waals surface area contributed by atoms with Gasteiger partial charge in [0.05, 0.1) is 12.7 Å². The maximum atomic E-state index is 12.1. The van der Waals surface area contributed by atoms with Crippen molar-refractivity contribution >= 4 is 6.09 Å². The first-order valence-electron chi connectivity index (χ1n) is 7.33. The first-order chi connectivity index (χ1) is 9.74. The number of likely N-dealkylation sites (tertiary alicyclic amines) is 1. The van der Waals surface area contributed by atoms with Crippen LogP contribution in [0.4, 0.5) is 4.79 Å². The summed E-state index contributed by atoms with van der Waals surface area (Å²) in [6.07, 6.45) is 2.23. The van der Waals surface area contributed by atoms with Crippen LogP contribution in [-0.4, -0.2) is 40.3 Å². The number of carbonyl (C=O) groups is 1. The lowest BCUT2D eigenvalue weighted by Crippen LogP contribution is -2.39. The Morgan fingerprint density at radius 2 is 2.10 bits per heavy atom. The molecule has 0 bridgehead atoms. The molecule has 0 aliphatic carbocycles. The summed E-state index contributed by atoms with van der Waals surface area (Å²) in [5.74, 6) is 0.740. The zero-order valence-corrected chi connectivity index (χ0v) is 13.4. The van der Waals surface area contributed by atoms with Gasteiger partial charge in [-0.05, 0) is 46.8 Å². The number of hydrogen-bond donors (Lipinski definition) is 0. The van der Waals surface area contributed by atoms with Crippen molar-refractivity contribution in [3.05, 3.63) is 24.0 Å². The summed E-state index contributed by atoms with van der Waals surface area (Å²) in [7, 11) is 0. The van der Waals surface area contributed by atoms with Crippen LogP contribution < -0.4 is 4.74 Å². The molecule has 5 heteroatoms. The second-order valence-corrected chi connectivity index (χ2v) is 6.59. The summed E-state index contributed by atoms with van der Waals surface area (Å²) >= 11 is 0. The van der Waals surface area contributed by atoms with Crippen molar-refractivity contribution in [1.29, 1.82) is 0 Å². The SMILES string of the molecule is Cc1ccc(O[C@H]2C[C@H](C)N(C(=O)OC(C)(C)C)C2)cn1. The third-order valence-corrected chi connectivity index (χ3v) is 3.35. The minimum absolute atomic E-state index is 0.0166. The number of pyridine rings is 1. The number of hydrogen-bond acceptors (Lipinski definition) is 4. The van der Waals surface area contributed by atoms with E-state index in [0.717, 1.165) is 17.9 Å². The molecule has 1 aliphatic heterocycles. The highest BCUT2D eigenvalue weighted by Crippen LogP contribution is 2.24. The van der Waals surface area contributed by atoms with E-state index in [1.165, 1.54) is 0 Å². The van der Waals surface area contributed by atoms with Crippen LogP contribution in [0.1, 0.15) is 39.8 Å². The van der Waals surface area contributed by atoms with Crippen LogP contribution in [0.25, 0.3) is 0 Å². The van der Waals surface area contributed by atoms with Crippen LogP contribution in [0, 0.1) is 6.92 Å². The zero-order valence-electron chi connectivity index (χ0n) is 13.4. The lowest BCUT2D eigenvalue weighted by atomic mass is 10.2. The highest BCUT2D eigenvalue weighted by atomic mass is 16.6. The molecule has 2 rings (SSSR count). The van der Waals surface area contributed by atoms with Crippen molar-refractivity contribution in [2.75, 3.05) is 6.54 Å². The quantitative estimate of drug-likeness (QED) is 0.840. The Balaban J connectivity index is 1.94. The molecule has 0 radical (unpaired) electrons. The number of amides is 1. The fourth-order valence-corrected chi connectivity index (χ4v) is 2.36. The molecule has 0 spiro atoms. The number of ether oxygens (including phenoxy) is 2. The average molecular weight is 292 g/mol. The molecule has 1 aromatic rings. The van der Waals surface area contributed by atoms with Gasteiger partial charge in [0.15, 0.2) is 0 Å². The third-order valence-electron chi connectivity index (χ3n) is 3.35. The largest absolute Gasteiger partial charge is 0.487 e. The highest BCUT2D eigenvalue weighted by molar-refractivity contribution is 5.69. The predicted molar refractivity (Wildman–Crippen MR) is 80.4 cm³/mol. The van der Waals surface area contributed by atoms with Crippen molar-refractivity contribution in [2.24, 2.45) is 0 Å². The van der Waals surface area contributed by atoms with Crippen molar-refractivity contribution in [2.45, 2.75) is 58.8 Å². The Labute approximate surface area is 126 Å². The van der Waals surface area contributed by atoms with E-state index in [4.69, 9.17) is 9.47 Å². The molecule has 116 valence electrons. The van der Waals surface area contributed by atoms with E-state index in [0.29, 0.717) is 6.54 Å². The number of aryl methyl sites for hydroxylation is 1. The van der Waals surface area contributed by atoms with Crippen molar-refractivity contribution in [3.8, 4) is 5.75 Å². The van der Waals surface area contributed by atoms with Crippen molar-refractivity contribution in [3.63, 3.8) is 0 Å². The Kier molecular flexibility index (Phi) is 4.40. The standard InChI is InChI=1S/C16H24N2O3/c1-11-6-7-13(9-17-11)20-14-8-12(2)18(10-14)15(19)21-16(3,4)5/h6-7,9,12,14H,8,10H2,1-5H3/t12-,14-/m0/s1. The summed E-state index contributed by atoms with van der Waals surface area (Å²) in [6.45, 7) is 10.1. The van der Waals surface area contributed by atoms with Crippen LogP contribution in [0.5, 0.6) is 5.75 Å². The molecule has 1 amide bonds. The third kappa shape index (κ3) is 4.34. The Hall–Kier alpha value is -1.78. The first kappa shape index (κ1) is 15.6. The normalized spacial score (nSPS) is 22.2. The second-order valence-electron chi connectivity index (χ2n) is 6.59. The van der Waals surface area contributed by atoms with Gasteiger partial charge in [0.25, 0.3) is 0 Å². The average Bonchev–Trinajstić information content (AvgIpc) is 2.71. The minimum atomic E-state index is -0.476. The van der Waals surface area contributed by atoms with Crippen LogP contribution in [0.3, 0.4) is 0 Å². The van der Waals surface area contributed by atoms with Crippen LogP contribution in [-0.2, 0) is 4.74 Å². The summed E-state index contributed by atoms with van der Waals surface area (Å²) in [5.41, 5.74) is 0.480. The van der Waals surface area contributed by atoms with Gasteiger partial charge in [-0.3, -0.25) is 4.98 Å². The number of nitrogens with zero attached hydrogens (tertiary/aromatic N) is 2. The van der Waals surface area contributed by atoms with Gasteiger partial charge in [-0.1, -0.05) is 0 Å². The molecule has 0 N–H and O–H groups in total. The van der Waals surface area contributed by atoms with Gasteiger partial charge in [-0.15, -0.1) is 0 Å². The van der Waals surface area contributed by atoms with Gasteiger partial charge in [0.1, 0.15) is 17.5 Å². The minimum Gasteiger partial charge on any atom is -0.487 e. The van der Waals surface area contributed by atoms with E-state index < -0.39 is 5.60 Å². The number of rotatable bonds is 2. The van der Waals surface area contributed by atoms with Gasteiger partial charge in [-0.2, -0.15) is 0 Å². The van der Waals surface area contributed by atoms with Gasteiger partial charge in [-0.25, -0.2) is 4.79 Å². The number of aromatic nitrogens is 1. The molecule has 0 aromatic carbocycles. The fourth-order valence-electron chi connectivity index (χ4n) is 2.36.